The van der Waals surface area contributed by atoms with E-state index in [9.17, 15) is 5.11 Å². The van der Waals surface area contributed by atoms with E-state index in [2.05, 4.69) is 6.92 Å². The van der Waals surface area contributed by atoms with Crippen LogP contribution in [0.25, 0.3) is 0 Å². The van der Waals surface area contributed by atoms with E-state index in [0.29, 0.717) is 0 Å². The Morgan fingerprint density at radius 1 is 1.35 bits per heavy atom. The van der Waals surface area contributed by atoms with Gasteiger partial charge in [-0.25, -0.2) is 0 Å². The zero-order valence-electron chi connectivity index (χ0n) is 10.6. The molecule has 2 aliphatic rings. The molecule has 4 atom stereocenters. The SMILES string of the molecule is CCc1ccc(C(O)CC2CC3CCC2C3)o1. The van der Waals surface area contributed by atoms with Crippen molar-refractivity contribution >= 4 is 0 Å². The maximum atomic E-state index is 10.2. The van der Waals surface area contributed by atoms with Crippen molar-refractivity contribution in [1.29, 1.82) is 0 Å². The van der Waals surface area contributed by atoms with E-state index < -0.39 is 0 Å². The smallest absolute Gasteiger partial charge is 0.132 e. The number of fused-ring (bicyclic) bond motifs is 2. The van der Waals surface area contributed by atoms with Crippen molar-refractivity contribution in [2.45, 2.75) is 51.6 Å². The molecule has 0 aromatic carbocycles. The van der Waals surface area contributed by atoms with Gasteiger partial charge in [0.25, 0.3) is 0 Å². The quantitative estimate of drug-likeness (QED) is 0.861. The van der Waals surface area contributed by atoms with Crippen LogP contribution >= 0.6 is 0 Å². The Morgan fingerprint density at radius 3 is 2.82 bits per heavy atom. The predicted octanol–water partition coefficient (Wildman–Crippen LogP) is 3.70. The van der Waals surface area contributed by atoms with Crippen LogP contribution in [-0.2, 0) is 6.42 Å². The molecule has 2 fully saturated rings. The summed E-state index contributed by atoms with van der Waals surface area (Å²) in [5.41, 5.74) is 0. The minimum absolute atomic E-state index is 0.389. The fraction of sp³-hybridized carbons (Fsp3) is 0.733. The first-order valence-corrected chi connectivity index (χ1v) is 7.03. The zero-order chi connectivity index (χ0) is 11.8. The first kappa shape index (κ1) is 11.3. The van der Waals surface area contributed by atoms with Crippen molar-refractivity contribution in [3.8, 4) is 0 Å². The van der Waals surface area contributed by atoms with Gasteiger partial charge in [-0.05, 0) is 55.6 Å². The average molecular weight is 234 g/mol. The van der Waals surface area contributed by atoms with E-state index in [-0.39, 0.29) is 6.10 Å². The third-order valence-electron chi connectivity index (χ3n) is 4.77. The number of aryl methyl sites for hydroxylation is 1. The normalized spacial score (nSPS) is 33.2. The molecule has 2 saturated carbocycles. The van der Waals surface area contributed by atoms with Crippen LogP contribution < -0.4 is 0 Å². The lowest BCUT2D eigenvalue weighted by Crippen LogP contribution is -2.14. The molecule has 4 unspecified atom stereocenters. The number of hydrogen-bond acceptors (Lipinski definition) is 2. The van der Waals surface area contributed by atoms with Gasteiger partial charge in [0.2, 0.25) is 0 Å². The summed E-state index contributed by atoms with van der Waals surface area (Å²) in [7, 11) is 0. The summed E-state index contributed by atoms with van der Waals surface area (Å²) in [5.74, 6) is 4.32. The Morgan fingerprint density at radius 2 is 2.24 bits per heavy atom. The molecule has 1 heterocycles. The molecular weight excluding hydrogens is 212 g/mol. The Labute approximate surface area is 103 Å². The lowest BCUT2D eigenvalue weighted by atomic mass is 9.84. The van der Waals surface area contributed by atoms with Gasteiger partial charge in [0, 0.05) is 6.42 Å². The summed E-state index contributed by atoms with van der Waals surface area (Å²) in [5, 5.41) is 10.2. The van der Waals surface area contributed by atoms with Gasteiger partial charge in [-0.15, -0.1) is 0 Å². The largest absolute Gasteiger partial charge is 0.463 e. The van der Waals surface area contributed by atoms with Crippen LogP contribution in [0.3, 0.4) is 0 Å². The van der Waals surface area contributed by atoms with Crippen molar-refractivity contribution < 1.29 is 9.52 Å². The molecule has 2 heteroatoms. The molecule has 1 aromatic rings. The molecular formula is C15H22O2. The van der Waals surface area contributed by atoms with E-state index >= 15 is 0 Å². The molecule has 0 amide bonds. The van der Waals surface area contributed by atoms with Gasteiger partial charge in [-0.3, -0.25) is 0 Å². The fourth-order valence-corrected chi connectivity index (χ4v) is 3.83. The molecule has 2 nitrogen and oxygen atoms in total. The standard InChI is InChI=1S/C15H22O2/c1-2-13-5-6-15(17-13)14(16)9-12-8-10-3-4-11(12)7-10/h5-6,10-12,14,16H,2-4,7-9H2,1H3. The van der Waals surface area contributed by atoms with Crippen molar-refractivity contribution in [2.24, 2.45) is 17.8 Å². The second-order valence-corrected chi connectivity index (χ2v) is 5.84. The predicted molar refractivity (Wildman–Crippen MR) is 66.6 cm³/mol. The highest BCUT2D eigenvalue weighted by Gasteiger charge is 2.40. The number of aliphatic hydroxyl groups excluding tert-OH is 1. The van der Waals surface area contributed by atoms with Gasteiger partial charge in [0.1, 0.15) is 17.6 Å². The summed E-state index contributed by atoms with van der Waals surface area (Å²) in [6.45, 7) is 2.07. The Bertz CT molecular complexity index is 382. The van der Waals surface area contributed by atoms with Crippen LogP contribution in [0.4, 0.5) is 0 Å². The van der Waals surface area contributed by atoms with Crippen LogP contribution in [0.1, 0.15) is 56.7 Å². The summed E-state index contributed by atoms with van der Waals surface area (Å²) >= 11 is 0. The molecule has 1 N–H and O–H groups in total. The highest BCUT2D eigenvalue weighted by Crippen LogP contribution is 2.50. The number of rotatable bonds is 4. The van der Waals surface area contributed by atoms with Crippen LogP contribution in [0.2, 0.25) is 0 Å². The van der Waals surface area contributed by atoms with Crippen LogP contribution in [0.5, 0.6) is 0 Å². The van der Waals surface area contributed by atoms with Gasteiger partial charge >= 0.3 is 0 Å². The molecule has 17 heavy (non-hydrogen) atoms. The van der Waals surface area contributed by atoms with Gasteiger partial charge in [-0.2, -0.15) is 0 Å². The van der Waals surface area contributed by atoms with Crippen LogP contribution in [0, 0.1) is 17.8 Å². The Kier molecular flexibility index (Phi) is 2.99. The maximum Gasteiger partial charge on any atom is 0.132 e. The highest BCUT2D eigenvalue weighted by molar-refractivity contribution is 5.09. The molecule has 0 radical (unpaired) electrons. The van der Waals surface area contributed by atoms with Gasteiger partial charge in [0.15, 0.2) is 0 Å². The van der Waals surface area contributed by atoms with Crippen molar-refractivity contribution in [1.82, 2.24) is 0 Å². The lowest BCUT2D eigenvalue weighted by Gasteiger charge is -2.23. The lowest BCUT2D eigenvalue weighted by molar-refractivity contribution is 0.103. The van der Waals surface area contributed by atoms with E-state index in [0.717, 1.165) is 42.1 Å². The number of furan rings is 1. The molecule has 3 rings (SSSR count). The van der Waals surface area contributed by atoms with Crippen LogP contribution in [-0.4, -0.2) is 5.11 Å². The molecule has 0 saturated heterocycles. The second-order valence-electron chi connectivity index (χ2n) is 5.84. The minimum atomic E-state index is -0.389. The van der Waals surface area contributed by atoms with Gasteiger partial charge in [-0.1, -0.05) is 13.3 Å². The van der Waals surface area contributed by atoms with Gasteiger partial charge in [0.05, 0.1) is 0 Å². The topological polar surface area (TPSA) is 33.4 Å². The van der Waals surface area contributed by atoms with E-state index in [1.165, 1.54) is 25.7 Å². The third kappa shape index (κ3) is 2.15. The van der Waals surface area contributed by atoms with Crippen molar-refractivity contribution in [2.75, 3.05) is 0 Å². The summed E-state index contributed by atoms with van der Waals surface area (Å²) in [4.78, 5) is 0. The maximum absolute atomic E-state index is 10.2. The van der Waals surface area contributed by atoms with E-state index in [1.54, 1.807) is 0 Å². The molecule has 1 aromatic heterocycles. The molecule has 2 aliphatic carbocycles. The Hall–Kier alpha value is -0.760. The first-order chi connectivity index (χ1) is 8.26. The average Bonchev–Trinajstić information content (AvgIpc) is 3.04. The Balaban J connectivity index is 1.61. The van der Waals surface area contributed by atoms with Crippen LogP contribution in [0.15, 0.2) is 16.5 Å². The third-order valence-corrected chi connectivity index (χ3v) is 4.77. The first-order valence-electron chi connectivity index (χ1n) is 7.03. The van der Waals surface area contributed by atoms with E-state index in [4.69, 9.17) is 4.42 Å². The van der Waals surface area contributed by atoms with Crippen molar-refractivity contribution in [3.63, 3.8) is 0 Å². The summed E-state index contributed by atoms with van der Waals surface area (Å²) < 4.78 is 5.63. The molecule has 2 bridgehead atoms. The van der Waals surface area contributed by atoms with Crippen molar-refractivity contribution in [3.05, 3.63) is 23.7 Å². The molecule has 0 aliphatic heterocycles. The zero-order valence-corrected chi connectivity index (χ0v) is 10.6. The van der Waals surface area contributed by atoms with Gasteiger partial charge < -0.3 is 9.52 Å². The summed E-state index contributed by atoms with van der Waals surface area (Å²) in [6.07, 6.45) is 6.98. The monoisotopic (exact) mass is 234 g/mol. The summed E-state index contributed by atoms with van der Waals surface area (Å²) in [6, 6.07) is 3.93. The van der Waals surface area contributed by atoms with E-state index in [1.807, 2.05) is 12.1 Å². The molecule has 0 spiro atoms. The fourth-order valence-electron chi connectivity index (χ4n) is 3.83. The second kappa shape index (κ2) is 4.49. The molecule has 94 valence electrons. The number of hydrogen-bond donors (Lipinski definition) is 1. The highest BCUT2D eigenvalue weighted by atomic mass is 16.4. The number of aliphatic hydroxyl groups is 1. The minimum Gasteiger partial charge on any atom is -0.463 e.